The average molecular weight is 445 g/mol. The van der Waals surface area contributed by atoms with E-state index in [1.54, 1.807) is 13.2 Å². The first-order chi connectivity index (χ1) is 15.8. The molecule has 0 bridgehead atoms. The molecule has 174 valence electrons. The molecular formula is C30H36O3. The zero-order valence-corrected chi connectivity index (χ0v) is 20.4. The lowest BCUT2D eigenvalue weighted by Gasteiger charge is -2.50. The topological polar surface area (TPSA) is 46.5 Å². The summed E-state index contributed by atoms with van der Waals surface area (Å²) in [4.78, 5) is 12.9. The summed E-state index contributed by atoms with van der Waals surface area (Å²) in [7, 11) is 1.71. The number of carbonyl (C=O) groups is 1. The predicted molar refractivity (Wildman–Crippen MR) is 133 cm³/mol. The summed E-state index contributed by atoms with van der Waals surface area (Å²) < 4.78 is 5.73. The van der Waals surface area contributed by atoms with Gasteiger partial charge in [-0.25, -0.2) is 0 Å². The van der Waals surface area contributed by atoms with Crippen LogP contribution in [0.3, 0.4) is 0 Å². The number of allylic oxidation sites excluding steroid dienone is 1. The number of ether oxygens (including phenoxy) is 1. The molecule has 1 N–H and O–H groups in total. The number of fused-ring (bicyclic) bond motifs is 5. The maximum absolute atomic E-state index is 12.9. The van der Waals surface area contributed by atoms with Crippen molar-refractivity contribution in [2.45, 2.75) is 71.3 Å². The number of aryl methyl sites for hydroxylation is 3. The number of aliphatic hydroxyl groups excluding tert-OH is 1. The molecule has 3 heteroatoms. The van der Waals surface area contributed by atoms with E-state index < -0.39 is 0 Å². The van der Waals surface area contributed by atoms with Gasteiger partial charge in [0.1, 0.15) is 5.75 Å². The summed E-state index contributed by atoms with van der Waals surface area (Å²) in [5.41, 5.74) is 6.83. The Morgan fingerprint density at radius 1 is 1.12 bits per heavy atom. The lowest BCUT2D eigenvalue weighted by Crippen LogP contribution is -2.43. The molecule has 5 atom stereocenters. The summed E-state index contributed by atoms with van der Waals surface area (Å²) in [5.74, 6) is 2.68. The Morgan fingerprint density at radius 2 is 1.94 bits per heavy atom. The molecule has 2 aromatic rings. The third kappa shape index (κ3) is 3.75. The van der Waals surface area contributed by atoms with E-state index in [2.05, 4.69) is 25.1 Å². The number of carbonyl (C=O) groups excluding carboxylic acids is 1. The van der Waals surface area contributed by atoms with Gasteiger partial charge in [0.05, 0.1) is 13.2 Å². The van der Waals surface area contributed by atoms with E-state index in [1.165, 1.54) is 17.5 Å². The van der Waals surface area contributed by atoms with Gasteiger partial charge in [-0.1, -0.05) is 30.7 Å². The molecule has 2 saturated carbocycles. The van der Waals surface area contributed by atoms with Gasteiger partial charge in [-0.3, -0.25) is 4.79 Å². The SMILES string of the molecule is COc1cc2c(cc1/C=C/C(=O)c1ccc(C)cc1C)C1CC[C@@]3(C)C(CC[C@@H]3O)C1CC2. The van der Waals surface area contributed by atoms with Crippen molar-refractivity contribution in [2.75, 3.05) is 7.11 Å². The van der Waals surface area contributed by atoms with Crippen LogP contribution in [0.4, 0.5) is 0 Å². The standard InChI is InChI=1S/C30H36O3/c1-18-5-8-22(19(2)15-18)27(31)11-7-21-16-25-20(17-28(21)33-4)6-9-24-23(25)13-14-30(3)26(24)10-12-29(30)32/h5,7-8,11,15-17,23-24,26,29,32H,6,9-10,12-14H2,1-4H3/b11-7+/t23?,24?,26?,29-,30-/m0/s1. The molecule has 0 amide bonds. The molecule has 0 radical (unpaired) electrons. The van der Waals surface area contributed by atoms with Crippen LogP contribution < -0.4 is 4.74 Å². The molecule has 33 heavy (non-hydrogen) atoms. The smallest absolute Gasteiger partial charge is 0.186 e. The minimum absolute atomic E-state index is 0.0264. The van der Waals surface area contributed by atoms with E-state index in [0.717, 1.165) is 60.1 Å². The molecule has 2 fully saturated rings. The number of aliphatic hydroxyl groups is 1. The zero-order chi connectivity index (χ0) is 23.3. The molecule has 0 aromatic heterocycles. The van der Waals surface area contributed by atoms with Crippen LogP contribution in [0.2, 0.25) is 0 Å². The second-order valence-electron chi connectivity index (χ2n) is 10.9. The molecule has 0 spiro atoms. The molecule has 3 aliphatic rings. The molecule has 3 unspecified atom stereocenters. The molecule has 3 aliphatic carbocycles. The molecule has 0 aliphatic heterocycles. The number of hydrogen-bond acceptors (Lipinski definition) is 3. The summed E-state index contributed by atoms with van der Waals surface area (Å²) >= 11 is 0. The molecular weight excluding hydrogens is 408 g/mol. The van der Waals surface area contributed by atoms with Gasteiger partial charge in [0.25, 0.3) is 0 Å². The van der Waals surface area contributed by atoms with Crippen molar-refractivity contribution < 1.29 is 14.6 Å². The number of benzene rings is 2. The predicted octanol–water partition coefficient (Wildman–Crippen LogP) is 6.43. The number of ketones is 1. The van der Waals surface area contributed by atoms with Gasteiger partial charge in [-0.2, -0.15) is 0 Å². The van der Waals surface area contributed by atoms with E-state index in [4.69, 9.17) is 4.74 Å². The molecule has 0 heterocycles. The van der Waals surface area contributed by atoms with Crippen LogP contribution >= 0.6 is 0 Å². The zero-order valence-electron chi connectivity index (χ0n) is 20.4. The van der Waals surface area contributed by atoms with Gasteiger partial charge in [0.15, 0.2) is 5.78 Å². The molecule has 0 saturated heterocycles. The molecule has 2 aromatic carbocycles. The largest absolute Gasteiger partial charge is 0.496 e. The quantitative estimate of drug-likeness (QED) is 0.437. The maximum atomic E-state index is 12.9. The fourth-order valence-electron chi connectivity index (χ4n) is 7.24. The van der Waals surface area contributed by atoms with E-state index in [9.17, 15) is 9.90 Å². The number of methoxy groups -OCH3 is 1. The summed E-state index contributed by atoms with van der Waals surface area (Å²) in [6.07, 6.45) is 10.1. The highest BCUT2D eigenvalue weighted by Gasteiger charge is 2.54. The van der Waals surface area contributed by atoms with Crippen molar-refractivity contribution in [3.05, 3.63) is 69.8 Å². The second kappa shape index (κ2) is 8.43. The van der Waals surface area contributed by atoms with Crippen LogP contribution in [0, 0.1) is 31.1 Å². The van der Waals surface area contributed by atoms with Crippen molar-refractivity contribution in [2.24, 2.45) is 17.3 Å². The van der Waals surface area contributed by atoms with Crippen molar-refractivity contribution in [3.8, 4) is 5.75 Å². The fourth-order valence-corrected chi connectivity index (χ4v) is 7.24. The Morgan fingerprint density at radius 3 is 2.70 bits per heavy atom. The Kier molecular flexibility index (Phi) is 5.73. The summed E-state index contributed by atoms with van der Waals surface area (Å²) in [5, 5.41) is 10.7. The van der Waals surface area contributed by atoms with Crippen molar-refractivity contribution >= 4 is 11.9 Å². The van der Waals surface area contributed by atoms with Gasteiger partial charge in [-0.15, -0.1) is 0 Å². The lowest BCUT2D eigenvalue weighted by atomic mass is 9.55. The van der Waals surface area contributed by atoms with Crippen molar-refractivity contribution in [1.82, 2.24) is 0 Å². The number of rotatable bonds is 4. The first-order valence-electron chi connectivity index (χ1n) is 12.5. The highest BCUT2D eigenvalue weighted by atomic mass is 16.5. The monoisotopic (exact) mass is 444 g/mol. The Hall–Kier alpha value is -2.39. The Labute approximate surface area is 197 Å². The first-order valence-corrected chi connectivity index (χ1v) is 12.5. The van der Waals surface area contributed by atoms with Crippen LogP contribution in [0.1, 0.15) is 83.1 Å². The van der Waals surface area contributed by atoms with Gasteiger partial charge >= 0.3 is 0 Å². The van der Waals surface area contributed by atoms with Crippen LogP contribution in [-0.4, -0.2) is 24.1 Å². The Bertz CT molecular complexity index is 1110. The number of hydrogen-bond donors (Lipinski definition) is 1. The van der Waals surface area contributed by atoms with Crippen LogP contribution in [0.15, 0.2) is 36.4 Å². The van der Waals surface area contributed by atoms with Crippen LogP contribution in [0.25, 0.3) is 6.08 Å². The normalized spacial score (nSPS) is 30.6. The lowest BCUT2D eigenvalue weighted by molar-refractivity contribution is -0.0226. The third-order valence-electron chi connectivity index (χ3n) is 9.09. The minimum Gasteiger partial charge on any atom is -0.496 e. The summed E-state index contributed by atoms with van der Waals surface area (Å²) in [6.45, 7) is 6.36. The van der Waals surface area contributed by atoms with Gasteiger partial charge in [-0.05, 0) is 117 Å². The van der Waals surface area contributed by atoms with Gasteiger partial charge in [0.2, 0.25) is 0 Å². The van der Waals surface area contributed by atoms with E-state index in [1.807, 2.05) is 32.1 Å². The van der Waals surface area contributed by atoms with Gasteiger partial charge < -0.3 is 9.84 Å². The first kappa shape index (κ1) is 22.4. The van der Waals surface area contributed by atoms with E-state index in [0.29, 0.717) is 17.8 Å². The third-order valence-corrected chi connectivity index (χ3v) is 9.09. The van der Waals surface area contributed by atoms with Crippen LogP contribution in [0.5, 0.6) is 5.75 Å². The Balaban J connectivity index is 1.46. The highest BCUT2D eigenvalue weighted by molar-refractivity contribution is 6.07. The van der Waals surface area contributed by atoms with Crippen LogP contribution in [-0.2, 0) is 6.42 Å². The molecule has 3 nitrogen and oxygen atoms in total. The van der Waals surface area contributed by atoms with Crippen molar-refractivity contribution in [3.63, 3.8) is 0 Å². The van der Waals surface area contributed by atoms with Crippen molar-refractivity contribution in [1.29, 1.82) is 0 Å². The second-order valence-corrected chi connectivity index (χ2v) is 10.9. The van der Waals surface area contributed by atoms with E-state index >= 15 is 0 Å². The minimum atomic E-state index is -0.143. The highest BCUT2D eigenvalue weighted by Crippen LogP contribution is 2.61. The van der Waals surface area contributed by atoms with Gasteiger partial charge in [0, 0.05) is 11.1 Å². The fraction of sp³-hybridized carbons (Fsp3) is 0.500. The van der Waals surface area contributed by atoms with E-state index in [-0.39, 0.29) is 17.3 Å². The maximum Gasteiger partial charge on any atom is 0.186 e. The average Bonchev–Trinajstić information content (AvgIpc) is 3.11. The molecule has 5 rings (SSSR count). The summed E-state index contributed by atoms with van der Waals surface area (Å²) in [6, 6.07) is 10.4.